The van der Waals surface area contributed by atoms with E-state index in [4.69, 9.17) is 0 Å². The van der Waals surface area contributed by atoms with Crippen molar-refractivity contribution in [1.29, 1.82) is 0 Å². The van der Waals surface area contributed by atoms with Crippen LogP contribution in [0.1, 0.15) is 39.1 Å². The SMILES string of the molecule is O=C1CC(N2C(=O)CCc3ccccc32)C(=O)c2ccc3c(ccc4ccccc43)c21. The van der Waals surface area contributed by atoms with Crippen LogP contribution in [0.25, 0.3) is 21.5 Å². The predicted octanol–water partition coefficient (Wildman–Crippen LogP) is 5.11. The van der Waals surface area contributed by atoms with Crippen molar-refractivity contribution in [3.63, 3.8) is 0 Å². The van der Waals surface area contributed by atoms with E-state index in [-0.39, 0.29) is 23.9 Å². The number of hydrogen-bond acceptors (Lipinski definition) is 3. The minimum Gasteiger partial charge on any atom is -0.301 e. The molecule has 1 atom stereocenters. The Labute approximate surface area is 179 Å². The van der Waals surface area contributed by atoms with E-state index in [1.165, 1.54) is 0 Å². The molecule has 1 unspecified atom stereocenters. The molecule has 1 aliphatic heterocycles. The van der Waals surface area contributed by atoms with Crippen molar-refractivity contribution < 1.29 is 14.4 Å². The second-order valence-electron chi connectivity index (χ2n) is 8.27. The van der Waals surface area contributed by atoms with Gasteiger partial charge in [0.15, 0.2) is 11.6 Å². The van der Waals surface area contributed by atoms with E-state index >= 15 is 0 Å². The molecule has 150 valence electrons. The third-order valence-corrected chi connectivity index (χ3v) is 6.59. The van der Waals surface area contributed by atoms with Gasteiger partial charge in [-0.05, 0) is 45.7 Å². The molecule has 0 saturated carbocycles. The monoisotopic (exact) mass is 405 g/mol. The van der Waals surface area contributed by atoms with Crippen LogP contribution >= 0.6 is 0 Å². The largest absolute Gasteiger partial charge is 0.301 e. The van der Waals surface area contributed by atoms with E-state index in [1.54, 1.807) is 11.0 Å². The van der Waals surface area contributed by atoms with Gasteiger partial charge < -0.3 is 4.90 Å². The Balaban J connectivity index is 1.52. The molecule has 0 fully saturated rings. The van der Waals surface area contributed by atoms with Crippen LogP contribution < -0.4 is 4.90 Å². The normalized spacial score (nSPS) is 18.4. The zero-order valence-electron chi connectivity index (χ0n) is 16.8. The summed E-state index contributed by atoms with van der Waals surface area (Å²) in [5.41, 5.74) is 2.69. The van der Waals surface area contributed by atoms with E-state index in [0.29, 0.717) is 24.0 Å². The zero-order chi connectivity index (χ0) is 21.1. The Bertz CT molecular complexity index is 1440. The van der Waals surface area contributed by atoms with Crippen molar-refractivity contribution in [2.75, 3.05) is 4.90 Å². The van der Waals surface area contributed by atoms with Crippen LogP contribution in [0.3, 0.4) is 0 Å². The van der Waals surface area contributed by atoms with Crippen molar-refractivity contribution in [2.45, 2.75) is 25.3 Å². The number of anilines is 1. The Kier molecular flexibility index (Phi) is 3.84. The molecule has 4 heteroatoms. The molecule has 0 spiro atoms. The maximum absolute atomic E-state index is 13.6. The number of benzene rings is 4. The Morgan fingerprint density at radius 2 is 1.48 bits per heavy atom. The van der Waals surface area contributed by atoms with Gasteiger partial charge in [-0.1, -0.05) is 60.7 Å². The molecule has 0 aromatic heterocycles. The van der Waals surface area contributed by atoms with Gasteiger partial charge in [0.25, 0.3) is 0 Å². The molecule has 6 rings (SSSR count). The summed E-state index contributed by atoms with van der Waals surface area (Å²) in [7, 11) is 0. The van der Waals surface area contributed by atoms with Gasteiger partial charge in [-0.15, -0.1) is 0 Å². The van der Waals surface area contributed by atoms with Crippen molar-refractivity contribution >= 4 is 44.7 Å². The summed E-state index contributed by atoms with van der Waals surface area (Å²) >= 11 is 0. The molecule has 0 radical (unpaired) electrons. The number of para-hydroxylation sites is 1. The minimum atomic E-state index is -0.785. The lowest BCUT2D eigenvalue weighted by Crippen LogP contribution is -2.50. The number of carbonyl (C=O) groups is 3. The number of aryl methyl sites for hydroxylation is 1. The summed E-state index contributed by atoms with van der Waals surface area (Å²) < 4.78 is 0. The molecule has 4 aromatic rings. The van der Waals surface area contributed by atoms with Crippen molar-refractivity contribution in [1.82, 2.24) is 0 Å². The average molecular weight is 405 g/mol. The molecular weight excluding hydrogens is 386 g/mol. The second-order valence-corrected chi connectivity index (χ2v) is 8.27. The standard InChI is InChI=1S/C27H19NO3/c29-24-15-23(28-22-8-4-2-6-17(22)10-14-25(28)30)27(31)21-13-12-19-18-7-3-1-5-16(18)9-11-20(19)26(21)24/h1-9,11-13,23H,10,14-15H2. The van der Waals surface area contributed by atoms with Gasteiger partial charge in [-0.2, -0.15) is 0 Å². The van der Waals surface area contributed by atoms with Crippen LogP contribution in [-0.4, -0.2) is 23.5 Å². The first-order chi connectivity index (χ1) is 15.1. The number of ketones is 2. The predicted molar refractivity (Wildman–Crippen MR) is 121 cm³/mol. The van der Waals surface area contributed by atoms with Gasteiger partial charge in [-0.25, -0.2) is 0 Å². The Morgan fingerprint density at radius 3 is 2.39 bits per heavy atom. The third-order valence-electron chi connectivity index (χ3n) is 6.59. The van der Waals surface area contributed by atoms with Crippen LogP contribution in [0.2, 0.25) is 0 Å². The maximum Gasteiger partial charge on any atom is 0.228 e. The highest BCUT2D eigenvalue weighted by Gasteiger charge is 2.41. The van der Waals surface area contributed by atoms with Gasteiger partial charge in [0, 0.05) is 29.7 Å². The van der Waals surface area contributed by atoms with Crippen LogP contribution in [0, 0.1) is 0 Å². The first-order valence-electron chi connectivity index (χ1n) is 10.6. The fraction of sp³-hybridized carbons (Fsp3) is 0.148. The number of Topliss-reactive ketones (excluding diaryl/α,β-unsaturated/α-hetero) is 2. The highest BCUT2D eigenvalue weighted by molar-refractivity contribution is 6.26. The number of nitrogens with zero attached hydrogens (tertiary/aromatic N) is 1. The van der Waals surface area contributed by atoms with Gasteiger partial charge in [0.05, 0.1) is 0 Å². The smallest absolute Gasteiger partial charge is 0.228 e. The summed E-state index contributed by atoms with van der Waals surface area (Å²) in [4.78, 5) is 41.3. The molecule has 0 bridgehead atoms. The minimum absolute atomic E-state index is 0.0118. The molecule has 1 aliphatic carbocycles. The van der Waals surface area contributed by atoms with Crippen molar-refractivity contribution in [3.05, 3.63) is 89.5 Å². The van der Waals surface area contributed by atoms with Crippen molar-refractivity contribution in [3.8, 4) is 0 Å². The molecular formula is C27H19NO3. The zero-order valence-corrected chi connectivity index (χ0v) is 16.8. The third kappa shape index (κ3) is 2.58. The van der Waals surface area contributed by atoms with Crippen LogP contribution in [-0.2, 0) is 11.2 Å². The Morgan fingerprint density at radius 1 is 0.710 bits per heavy atom. The molecule has 2 aliphatic rings. The number of fused-ring (bicyclic) bond motifs is 6. The highest BCUT2D eigenvalue weighted by Crippen LogP contribution is 2.37. The molecule has 1 heterocycles. The quantitative estimate of drug-likeness (QED) is 0.414. The fourth-order valence-corrected chi connectivity index (χ4v) is 5.15. The fourth-order valence-electron chi connectivity index (χ4n) is 5.15. The number of rotatable bonds is 1. The summed E-state index contributed by atoms with van der Waals surface area (Å²) in [5, 5.41) is 3.93. The van der Waals surface area contributed by atoms with Crippen LogP contribution in [0.5, 0.6) is 0 Å². The maximum atomic E-state index is 13.6. The summed E-state index contributed by atoms with van der Waals surface area (Å²) in [5.74, 6) is -0.342. The van der Waals surface area contributed by atoms with Gasteiger partial charge >= 0.3 is 0 Å². The van der Waals surface area contributed by atoms with E-state index < -0.39 is 6.04 Å². The highest BCUT2D eigenvalue weighted by atomic mass is 16.2. The molecule has 4 nitrogen and oxygen atoms in total. The lowest BCUT2D eigenvalue weighted by molar-refractivity contribution is -0.119. The second kappa shape index (κ2) is 6.61. The van der Waals surface area contributed by atoms with E-state index in [2.05, 4.69) is 0 Å². The topological polar surface area (TPSA) is 54.5 Å². The molecule has 1 amide bonds. The number of amides is 1. The summed E-state index contributed by atoms with van der Waals surface area (Å²) in [6.45, 7) is 0. The van der Waals surface area contributed by atoms with Gasteiger partial charge in [0.2, 0.25) is 5.91 Å². The molecule has 0 N–H and O–H groups in total. The van der Waals surface area contributed by atoms with E-state index in [1.807, 2.05) is 66.7 Å². The number of carbonyl (C=O) groups excluding carboxylic acids is 3. The van der Waals surface area contributed by atoms with Crippen LogP contribution in [0.15, 0.2) is 72.8 Å². The first-order valence-corrected chi connectivity index (χ1v) is 10.6. The van der Waals surface area contributed by atoms with Gasteiger partial charge in [-0.3, -0.25) is 14.4 Å². The lowest BCUT2D eigenvalue weighted by atomic mass is 9.81. The van der Waals surface area contributed by atoms with E-state index in [9.17, 15) is 14.4 Å². The summed E-state index contributed by atoms with van der Waals surface area (Å²) in [6.07, 6.45) is 1.03. The lowest BCUT2D eigenvalue weighted by Gasteiger charge is -2.37. The molecule has 31 heavy (non-hydrogen) atoms. The Hall–Kier alpha value is -3.79. The van der Waals surface area contributed by atoms with E-state index in [0.717, 1.165) is 32.8 Å². The first kappa shape index (κ1) is 18.0. The summed E-state index contributed by atoms with van der Waals surface area (Å²) in [6, 6.07) is 22.5. The molecule has 4 aromatic carbocycles. The van der Waals surface area contributed by atoms with Gasteiger partial charge in [0.1, 0.15) is 6.04 Å². The number of hydrogen-bond donors (Lipinski definition) is 0. The molecule has 0 saturated heterocycles. The van der Waals surface area contributed by atoms with Crippen molar-refractivity contribution in [2.24, 2.45) is 0 Å². The average Bonchev–Trinajstić information content (AvgIpc) is 2.81. The van der Waals surface area contributed by atoms with Crippen LogP contribution in [0.4, 0.5) is 5.69 Å².